The molecule has 5 nitrogen and oxygen atoms in total. The SMILES string of the molecule is CC(C)C1CCC2(C(=O)NCCN(C)C)CCC3(C)C(CCC4C5(C)CC=C(c6ccc(C(=O)O)cc6)C(C)(C)C5CCC43C)C12. The molecule has 0 aliphatic heterocycles. The Morgan fingerprint density at radius 3 is 2.22 bits per heavy atom. The molecule has 9 atom stereocenters. The van der Waals surface area contributed by atoms with Crippen molar-refractivity contribution in [3.05, 3.63) is 41.5 Å². The number of amides is 1. The second-order valence-electron chi connectivity index (χ2n) is 18.3. The number of likely N-dealkylation sites (N-methyl/N-ethyl adjacent to an activating group) is 1. The maximum Gasteiger partial charge on any atom is 0.335 e. The van der Waals surface area contributed by atoms with E-state index in [2.05, 4.69) is 78.9 Å². The number of allylic oxidation sites excluding steroid dienone is 2. The molecule has 5 aliphatic carbocycles. The summed E-state index contributed by atoms with van der Waals surface area (Å²) in [5.74, 6) is 3.05. The Balaban J connectivity index is 1.32. The van der Waals surface area contributed by atoms with Crippen LogP contribution in [0.5, 0.6) is 0 Å². The fourth-order valence-corrected chi connectivity index (χ4v) is 13.2. The van der Waals surface area contributed by atoms with Crippen molar-refractivity contribution in [1.82, 2.24) is 10.2 Å². The first-order chi connectivity index (χ1) is 21.5. The zero-order chi connectivity index (χ0) is 33.4. The Labute approximate surface area is 279 Å². The van der Waals surface area contributed by atoms with Crippen LogP contribution in [0.3, 0.4) is 0 Å². The average Bonchev–Trinajstić information content (AvgIpc) is 3.38. The van der Waals surface area contributed by atoms with Gasteiger partial charge in [-0.1, -0.05) is 66.7 Å². The van der Waals surface area contributed by atoms with E-state index in [0.717, 1.165) is 32.4 Å². The highest BCUT2D eigenvalue weighted by Crippen LogP contribution is 2.77. The van der Waals surface area contributed by atoms with Gasteiger partial charge in [0, 0.05) is 13.1 Å². The molecule has 6 rings (SSSR count). The van der Waals surface area contributed by atoms with Crippen molar-refractivity contribution >= 4 is 17.4 Å². The van der Waals surface area contributed by atoms with Gasteiger partial charge in [0.15, 0.2) is 0 Å². The van der Waals surface area contributed by atoms with Crippen LogP contribution in [0.4, 0.5) is 0 Å². The van der Waals surface area contributed by atoms with Crippen molar-refractivity contribution < 1.29 is 14.7 Å². The highest BCUT2D eigenvalue weighted by molar-refractivity contribution is 5.88. The Bertz CT molecular complexity index is 1380. The lowest BCUT2D eigenvalue weighted by Crippen LogP contribution is -2.66. The Morgan fingerprint density at radius 2 is 1.59 bits per heavy atom. The standard InChI is InChI=1S/C41H62N2O3/c1-26(2)29-16-21-41(36(46)42-24-25-43(8)9)23-22-39(6)31(34(29)41)14-15-33-38(5)19-17-30(27-10-12-28(13-11-27)35(44)45)37(3,4)32(38)18-20-40(33,39)7/h10-13,17,26,29,31-34H,14-16,18-25H2,1-9H3,(H,42,46)(H,44,45). The normalized spacial score (nSPS) is 41.2. The zero-order valence-electron chi connectivity index (χ0n) is 30.3. The molecule has 1 amide bonds. The Morgan fingerprint density at radius 1 is 0.891 bits per heavy atom. The minimum absolute atomic E-state index is 0.0113. The number of nitrogens with one attached hydrogen (secondary N) is 1. The van der Waals surface area contributed by atoms with Crippen LogP contribution in [0.2, 0.25) is 0 Å². The second-order valence-corrected chi connectivity index (χ2v) is 18.3. The van der Waals surface area contributed by atoms with Gasteiger partial charge in [0.25, 0.3) is 0 Å². The fourth-order valence-electron chi connectivity index (χ4n) is 13.2. The largest absolute Gasteiger partial charge is 0.478 e. The Kier molecular flexibility index (Phi) is 8.43. The third-order valence-electron chi connectivity index (χ3n) is 15.7. The number of carbonyl (C=O) groups excluding carboxylic acids is 1. The third-order valence-corrected chi connectivity index (χ3v) is 15.7. The quantitative estimate of drug-likeness (QED) is 0.316. The van der Waals surface area contributed by atoms with Gasteiger partial charge >= 0.3 is 5.97 Å². The smallest absolute Gasteiger partial charge is 0.335 e. The molecule has 1 aromatic rings. The molecule has 0 radical (unpaired) electrons. The number of rotatable bonds is 7. The van der Waals surface area contributed by atoms with Crippen LogP contribution in [-0.4, -0.2) is 49.1 Å². The second kappa shape index (κ2) is 11.5. The summed E-state index contributed by atoms with van der Waals surface area (Å²) in [7, 11) is 4.17. The molecule has 2 N–H and O–H groups in total. The predicted octanol–water partition coefficient (Wildman–Crippen LogP) is 8.79. The number of fused-ring (bicyclic) bond motifs is 7. The topological polar surface area (TPSA) is 69.6 Å². The third kappa shape index (κ3) is 4.78. The van der Waals surface area contributed by atoms with Gasteiger partial charge < -0.3 is 15.3 Å². The van der Waals surface area contributed by atoms with E-state index in [9.17, 15) is 14.7 Å². The van der Waals surface area contributed by atoms with Crippen LogP contribution < -0.4 is 5.32 Å². The highest BCUT2D eigenvalue weighted by atomic mass is 16.4. The average molecular weight is 631 g/mol. The molecular weight excluding hydrogens is 568 g/mol. The van der Waals surface area contributed by atoms with Crippen LogP contribution in [0.1, 0.15) is 122 Å². The first-order valence-electron chi connectivity index (χ1n) is 18.5. The number of carboxylic acids is 1. The summed E-state index contributed by atoms with van der Waals surface area (Å²) in [4.78, 5) is 27.9. The molecule has 9 unspecified atom stereocenters. The summed E-state index contributed by atoms with van der Waals surface area (Å²) in [5, 5.41) is 12.9. The molecular formula is C41H62N2O3. The summed E-state index contributed by atoms with van der Waals surface area (Å²) < 4.78 is 0. The van der Waals surface area contributed by atoms with Gasteiger partial charge in [-0.2, -0.15) is 0 Å². The molecule has 0 saturated heterocycles. The summed E-state index contributed by atoms with van der Waals surface area (Å²) >= 11 is 0. The Hall–Kier alpha value is -2.14. The van der Waals surface area contributed by atoms with Crippen molar-refractivity contribution in [1.29, 1.82) is 0 Å². The van der Waals surface area contributed by atoms with Crippen LogP contribution in [0, 0.1) is 62.6 Å². The van der Waals surface area contributed by atoms with Crippen LogP contribution in [-0.2, 0) is 4.79 Å². The summed E-state index contributed by atoms with van der Waals surface area (Å²) in [5.41, 5.74) is 3.45. The lowest BCUT2D eigenvalue weighted by Gasteiger charge is -2.72. The first kappa shape index (κ1) is 33.7. The number of hydrogen-bond donors (Lipinski definition) is 2. The van der Waals surface area contributed by atoms with E-state index in [1.807, 2.05) is 12.1 Å². The van der Waals surface area contributed by atoms with Gasteiger partial charge in [0.05, 0.1) is 11.0 Å². The van der Waals surface area contributed by atoms with Gasteiger partial charge in [-0.3, -0.25) is 4.79 Å². The van der Waals surface area contributed by atoms with E-state index in [1.54, 1.807) is 12.1 Å². The molecule has 46 heavy (non-hydrogen) atoms. The van der Waals surface area contributed by atoms with Gasteiger partial charge in [0.1, 0.15) is 0 Å². The zero-order valence-corrected chi connectivity index (χ0v) is 30.3. The summed E-state index contributed by atoms with van der Waals surface area (Å²) in [6, 6.07) is 7.58. The lowest BCUT2D eigenvalue weighted by atomic mass is 9.32. The molecule has 5 heteroatoms. The van der Waals surface area contributed by atoms with Crippen molar-refractivity contribution in [2.45, 2.75) is 106 Å². The predicted molar refractivity (Wildman–Crippen MR) is 187 cm³/mol. The van der Waals surface area contributed by atoms with E-state index in [-0.39, 0.29) is 27.1 Å². The highest BCUT2D eigenvalue weighted by Gasteiger charge is 2.71. The molecule has 4 fully saturated rings. The van der Waals surface area contributed by atoms with Crippen molar-refractivity contribution in [3.8, 4) is 0 Å². The van der Waals surface area contributed by atoms with Crippen molar-refractivity contribution in [2.24, 2.45) is 62.6 Å². The molecule has 4 saturated carbocycles. The lowest BCUT2D eigenvalue weighted by molar-refractivity contribution is -0.227. The number of carbonyl (C=O) groups is 2. The van der Waals surface area contributed by atoms with Crippen LogP contribution >= 0.6 is 0 Å². The molecule has 254 valence electrons. The molecule has 5 aliphatic rings. The van der Waals surface area contributed by atoms with E-state index >= 15 is 0 Å². The summed E-state index contributed by atoms with van der Waals surface area (Å²) in [6.45, 7) is 19.4. The maximum absolute atomic E-state index is 14.2. The molecule has 0 heterocycles. The van der Waals surface area contributed by atoms with E-state index in [4.69, 9.17) is 0 Å². The van der Waals surface area contributed by atoms with E-state index in [1.165, 1.54) is 49.7 Å². The van der Waals surface area contributed by atoms with Crippen LogP contribution in [0.25, 0.3) is 5.57 Å². The molecule has 0 spiro atoms. The van der Waals surface area contributed by atoms with Crippen LogP contribution in [0.15, 0.2) is 30.3 Å². The molecule has 0 bridgehead atoms. The number of carboxylic acid groups (broad SMARTS) is 1. The number of nitrogens with zero attached hydrogens (tertiary/aromatic N) is 1. The maximum atomic E-state index is 14.2. The van der Waals surface area contributed by atoms with E-state index in [0.29, 0.717) is 47.0 Å². The van der Waals surface area contributed by atoms with Gasteiger partial charge in [-0.05, 0) is 152 Å². The minimum Gasteiger partial charge on any atom is -0.478 e. The van der Waals surface area contributed by atoms with E-state index < -0.39 is 5.97 Å². The van der Waals surface area contributed by atoms with Gasteiger partial charge in [-0.15, -0.1) is 0 Å². The number of aromatic carboxylic acids is 1. The van der Waals surface area contributed by atoms with Gasteiger partial charge in [-0.25, -0.2) is 4.79 Å². The molecule has 1 aromatic carbocycles. The fraction of sp³-hybridized carbons (Fsp3) is 0.756. The molecule has 0 aromatic heterocycles. The minimum atomic E-state index is -0.867. The first-order valence-corrected chi connectivity index (χ1v) is 18.5. The monoisotopic (exact) mass is 630 g/mol. The van der Waals surface area contributed by atoms with Gasteiger partial charge in [0.2, 0.25) is 5.91 Å². The van der Waals surface area contributed by atoms with Crippen molar-refractivity contribution in [3.63, 3.8) is 0 Å². The number of benzene rings is 1. The summed E-state index contributed by atoms with van der Waals surface area (Å²) in [6.07, 6.45) is 13.1. The number of hydrogen-bond acceptors (Lipinski definition) is 3. The van der Waals surface area contributed by atoms with Crippen molar-refractivity contribution in [2.75, 3.05) is 27.2 Å².